The standard InChI is InChI=1S/C14H30N2/c1-5-7-8-13(6-2)9-16-10-14(15,11-16)12(3)4/h12-13H,5-11,15H2,1-4H3. The molecule has 1 aliphatic heterocycles. The summed E-state index contributed by atoms with van der Waals surface area (Å²) in [4.78, 5) is 2.55. The molecule has 16 heavy (non-hydrogen) atoms. The van der Waals surface area contributed by atoms with Crippen molar-refractivity contribution in [1.82, 2.24) is 4.90 Å². The summed E-state index contributed by atoms with van der Waals surface area (Å²) in [6.07, 6.45) is 5.41. The van der Waals surface area contributed by atoms with Gasteiger partial charge in [0.2, 0.25) is 0 Å². The first-order valence-corrected chi connectivity index (χ1v) is 7.03. The lowest BCUT2D eigenvalue weighted by Gasteiger charge is -2.51. The quantitative estimate of drug-likeness (QED) is 0.723. The molecule has 96 valence electrons. The minimum atomic E-state index is 0.100. The molecule has 1 heterocycles. The molecule has 1 fully saturated rings. The topological polar surface area (TPSA) is 29.3 Å². The summed E-state index contributed by atoms with van der Waals surface area (Å²) < 4.78 is 0. The highest BCUT2D eigenvalue weighted by Crippen LogP contribution is 2.28. The molecule has 0 aromatic heterocycles. The molecule has 1 rings (SSSR count). The van der Waals surface area contributed by atoms with Crippen LogP contribution in [0, 0.1) is 11.8 Å². The highest BCUT2D eigenvalue weighted by atomic mass is 15.2. The van der Waals surface area contributed by atoms with Crippen molar-refractivity contribution in [2.75, 3.05) is 19.6 Å². The summed E-state index contributed by atoms with van der Waals surface area (Å²) in [6.45, 7) is 12.6. The lowest BCUT2D eigenvalue weighted by atomic mass is 9.79. The maximum absolute atomic E-state index is 6.31. The van der Waals surface area contributed by atoms with Crippen molar-refractivity contribution in [2.45, 2.75) is 58.9 Å². The Bertz CT molecular complexity index is 195. The van der Waals surface area contributed by atoms with Crippen LogP contribution in [0.5, 0.6) is 0 Å². The Morgan fingerprint density at radius 1 is 1.25 bits per heavy atom. The molecule has 0 bridgehead atoms. The predicted molar refractivity (Wildman–Crippen MR) is 71.5 cm³/mol. The number of rotatable bonds is 7. The molecule has 0 radical (unpaired) electrons. The summed E-state index contributed by atoms with van der Waals surface area (Å²) in [6, 6.07) is 0. The molecule has 0 amide bonds. The Kier molecular flexibility index (Phi) is 5.26. The van der Waals surface area contributed by atoms with E-state index in [1.165, 1.54) is 32.2 Å². The Balaban J connectivity index is 2.24. The van der Waals surface area contributed by atoms with E-state index in [1.54, 1.807) is 0 Å². The summed E-state index contributed by atoms with van der Waals surface area (Å²) in [5, 5.41) is 0. The van der Waals surface area contributed by atoms with Crippen LogP contribution in [0.25, 0.3) is 0 Å². The molecular weight excluding hydrogens is 196 g/mol. The van der Waals surface area contributed by atoms with Crippen molar-refractivity contribution >= 4 is 0 Å². The Morgan fingerprint density at radius 3 is 2.31 bits per heavy atom. The van der Waals surface area contributed by atoms with Crippen molar-refractivity contribution in [3.63, 3.8) is 0 Å². The van der Waals surface area contributed by atoms with Crippen molar-refractivity contribution in [1.29, 1.82) is 0 Å². The van der Waals surface area contributed by atoms with E-state index in [4.69, 9.17) is 5.73 Å². The van der Waals surface area contributed by atoms with E-state index in [0.717, 1.165) is 19.0 Å². The zero-order valence-corrected chi connectivity index (χ0v) is 11.6. The van der Waals surface area contributed by atoms with Crippen LogP contribution in [0.2, 0.25) is 0 Å². The summed E-state index contributed by atoms with van der Waals surface area (Å²) >= 11 is 0. The average molecular weight is 226 g/mol. The van der Waals surface area contributed by atoms with Gasteiger partial charge in [0.25, 0.3) is 0 Å². The van der Waals surface area contributed by atoms with Gasteiger partial charge in [0.1, 0.15) is 0 Å². The van der Waals surface area contributed by atoms with Gasteiger partial charge in [-0.25, -0.2) is 0 Å². The Labute approximate surface area is 102 Å². The van der Waals surface area contributed by atoms with Crippen molar-refractivity contribution < 1.29 is 0 Å². The second-order valence-electron chi connectivity index (χ2n) is 5.97. The van der Waals surface area contributed by atoms with Gasteiger partial charge >= 0.3 is 0 Å². The predicted octanol–water partition coefficient (Wildman–Crippen LogP) is 2.87. The lowest BCUT2D eigenvalue weighted by molar-refractivity contribution is 0.0236. The molecule has 2 N–H and O–H groups in total. The summed E-state index contributed by atoms with van der Waals surface area (Å²) in [7, 11) is 0. The Hall–Kier alpha value is -0.0800. The third-order valence-corrected chi connectivity index (χ3v) is 4.25. The van der Waals surface area contributed by atoms with E-state index in [1.807, 2.05) is 0 Å². The molecule has 0 aromatic carbocycles. The third kappa shape index (κ3) is 3.46. The molecule has 1 saturated heterocycles. The first-order chi connectivity index (χ1) is 7.51. The van der Waals surface area contributed by atoms with Gasteiger partial charge in [0.05, 0.1) is 0 Å². The van der Waals surface area contributed by atoms with Crippen molar-refractivity contribution in [3.8, 4) is 0 Å². The zero-order valence-electron chi connectivity index (χ0n) is 11.6. The Morgan fingerprint density at radius 2 is 1.88 bits per heavy atom. The molecule has 1 aliphatic rings. The summed E-state index contributed by atoms with van der Waals surface area (Å²) in [5.74, 6) is 1.50. The number of hydrogen-bond donors (Lipinski definition) is 1. The first-order valence-electron chi connectivity index (χ1n) is 7.03. The molecule has 2 nitrogen and oxygen atoms in total. The van der Waals surface area contributed by atoms with Gasteiger partial charge in [-0.3, -0.25) is 4.90 Å². The number of likely N-dealkylation sites (tertiary alicyclic amines) is 1. The van der Waals surface area contributed by atoms with Crippen LogP contribution in [0.3, 0.4) is 0 Å². The molecule has 0 saturated carbocycles. The van der Waals surface area contributed by atoms with Crippen LogP contribution < -0.4 is 5.73 Å². The van der Waals surface area contributed by atoms with Crippen LogP contribution in [0.4, 0.5) is 0 Å². The summed E-state index contributed by atoms with van der Waals surface area (Å²) in [5.41, 5.74) is 6.41. The minimum absolute atomic E-state index is 0.100. The largest absolute Gasteiger partial charge is 0.323 e. The van der Waals surface area contributed by atoms with Crippen LogP contribution in [-0.2, 0) is 0 Å². The fourth-order valence-electron chi connectivity index (χ4n) is 2.56. The first kappa shape index (κ1) is 14.0. The number of hydrogen-bond acceptors (Lipinski definition) is 2. The maximum Gasteiger partial charge on any atom is 0.0435 e. The molecule has 0 aliphatic carbocycles. The molecule has 2 heteroatoms. The highest BCUT2D eigenvalue weighted by Gasteiger charge is 2.41. The fourth-order valence-corrected chi connectivity index (χ4v) is 2.56. The lowest BCUT2D eigenvalue weighted by Crippen LogP contribution is -2.70. The molecular formula is C14H30N2. The van der Waals surface area contributed by atoms with E-state index in [9.17, 15) is 0 Å². The second-order valence-corrected chi connectivity index (χ2v) is 5.97. The third-order valence-electron chi connectivity index (χ3n) is 4.25. The van der Waals surface area contributed by atoms with Crippen LogP contribution in [0.1, 0.15) is 53.4 Å². The van der Waals surface area contributed by atoms with Crippen molar-refractivity contribution in [2.24, 2.45) is 17.6 Å². The highest BCUT2D eigenvalue weighted by molar-refractivity contribution is 5.02. The van der Waals surface area contributed by atoms with Gasteiger partial charge in [0, 0.05) is 25.2 Å². The monoisotopic (exact) mass is 226 g/mol. The average Bonchev–Trinajstić information content (AvgIpc) is 2.20. The SMILES string of the molecule is CCCCC(CC)CN1CC(N)(C(C)C)C1. The van der Waals surface area contributed by atoms with Gasteiger partial charge in [-0.1, -0.05) is 47.0 Å². The van der Waals surface area contributed by atoms with E-state index in [-0.39, 0.29) is 5.54 Å². The van der Waals surface area contributed by atoms with Gasteiger partial charge < -0.3 is 5.73 Å². The van der Waals surface area contributed by atoms with Crippen molar-refractivity contribution in [3.05, 3.63) is 0 Å². The maximum atomic E-state index is 6.31. The number of nitrogens with two attached hydrogens (primary N) is 1. The molecule has 1 atom stereocenters. The van der Waals surface area contributed by atoms with Gasteiger partial charge in [-0.05, 0) is 18.3 Å². The molecule has 1 unspecified atom stereocenters. The molecule has 0 aromatic rings. The van der Waals surface area contributed by atoms with Crippen LogP contribution in [-0.4, -0.2) is 30.1 Å². The minimum Gasteiger partial charge on any atom is -0.323 e. The van der Waals surface area contributed by atoms with E-state index in [2.05, 4.69) is 32.6 Å². The smallest absolute Gasteiger partial charge is 0.0435 e. The van der Waals surface area contributed by atoms with Gasteiger partial charge in [0.15, 0.2) is 0 Å². The van der Waals surface area contributed by atoms with E-state index in [0.29, 0.717) is 5.92 Å². The van der Waals surface area contributed by atoms with Crippen LogP contribution >= 0.6 is 0 Å². The van der Waals surface area contributed by atoms with Gasteiger partial charge in [-0.15, -0.1) is 0 Å². The number of unbranched alkanes of at least 4 members (excludes halogenated alkanes) is 1. The number of nitrogens with zero attached hydrogens (tertiary/aromatic N) is 1. The van der Waals surface area contributed by atoms with Crippen LogP contribution in [0.15, 0.2) is 0 Å². The van der Waals surface area contributed by atoms with E-state index >= 15 is 0 Å². The zero-order chi connectivity index (χ0) is 12.2. The second kappa shape index (κ2) is 6.02. The fraction of sp³-hybridized carbons (Fsp3) is 1.00. The van der Waals surface area contributed by atoms with E-state index < -0.39 is 0 Å². The molecule has 0 spiro atoms. The van der Waals surface area contributed by atoms with Gasteiger partial charge in [-0.2, -0.15) is 0 Å². The normalized spacial score (nSPS) is 22.1.